The Morgan fingerprint density at radius 1 is 0.557 bits per heavy atom. The molecule has 0 aromatic heterocycles. The zero-order valence-corrected chi connectivity index (χ0v) is 39.5. The van der Waals surface area contributed by atoms with Crippen molar-refractivity contribution < 1.29 is 48.0 Å². The molecule has 0 aliphatic carbocycles. The molecule has 1 saturated heterocycles. The molecule has 1 amide bonds. The minimum Gasteiger partial charge on any atom is -0.465 e. The summed E-state index contributed by atoms with van der Waals surface area (Å²) in [5, 5.41) is 11.6. The summed E-state index contributed by atoms with van der Waals surface area (Å²) in [5.74, 6) is -1.65. The second kappa shape index (κ2) is 40.5. The Bertz CT molecular complexity index is 1020. The van der Waals surface area contributed by atoms with Crippen LogP contribution in [0, 0.1) is 23.7 Å². The van der Waals surface area contributed by atoms with E-state index in [4.69, 9.17) is 28.8 Å². The normalized spacial score (nSPS) is 14.6. The predicted octanol–water partition coefficient (Wildman–Crippen LogP) is 9.37. The standard InChI is InChI=1S/C49H92N2O10/c1-5-9-13-17-19-23-27-43(25-21-15-11-7-3)48(55)60-40-42(41-61-49(56)44(26-22-16-12-8-4)28-24-20-18-14-10-6-2)39-59-46(53)29-33-57-35-36-58-34-31-51-37-45(38-51)47(54)50-30-32-52/h42-45,52H,5-41H2,1-4H3,(H,50,54). The highest BCUT2D eigenvalue weighted by Crippen LogP contribution is 2.23. The topological polar surface area (TPSA) is 150 Å². The molecular weight excluding hydrogens is 777 g/mol. The number of hydrogen-bond donors (Lipinski definition) is 2. The molecule has 0 spiro atoms. The van der Waals surface area contributed by atoms with Crippen molar-refractivity contribution in [3.8, 4) is 0 Å². The van der Waals surface area contributed by atoms with Crippen molar-refractivity contribution in [1.29, 1.82) is 0 Å². The number of carbonyl (C=O) groups excluding carboxylic acids is 4. The van der Waals surface area contributed by atoms with E-state index in [1.807, 2.05) is 0 Å². The Morgan fingerprint density at radius 3 is 1.43 bits per heavy atom. The molecule has 0 aromatic carbocycles. The summed E-state index contributed by atoms with van der Waals surface area (Å²) < 4.78 is 28.9. The van der Waals surface area contributed by atoms with E-state index >= 15 is 0 Å². The van der Waals surface area contributed by atoms with Crippen molar-refractivity contribution in [2.24, 2.45) is 23.7 Å². The Morgan fingerprint density at radius 2 is 0.967 bits per heavy atom. The van der Waals surface area contributed by atoms with Crippen LogP contribution in [0.15, 0.2) is 0 Å². The van der Waals surface area contributed by atoms with Crippen LogP contribution >= 0.6 is 0 Å². The number of ether oxygens (including phenoxy) is 5. The third-order valence-corrected chi connectivity index (χ3v) is 11.8. The van der Waals surface area contributed by atoms with Gasteiger partial charge >= 0.3 is 17.9 Å². The quantitative estimate of drug-likeness (QED) is 0.0343. The minimum absolute atomic E-state index is 0.0137. The number of aliphatic hydroxyl groups is 1. The monoisotopic (exact) mass is 869 g/mol. The largest absolute Gasteiger partial charge is 0.465 e. The average Bonchev–Trinajstić information content (AvgIpc) is 3.24. The number of rotatable bonds is 44. The first kappa shape index (κ1) is 56.7. The van der Waals surface area contributed by atoms with Gasteiger partial charge in [-0.1, -0.05) is 156 Å². The maximum atomic E-state index is 13.5. The third-order valence-electron chi connectivity index (χ3n) is 11.8. The van der Waals surface area contributed by atoms with Crippen LogP contribution in [-0.2, 0) is 42.9 Å². The Labute approximate surface area is 372 Å². The second-order valence-corrected chi connectivity index (χ2v) is 17.5. The lowest BCUT2D eigenvalue weighted by atomic mass is 9.94. The second-order valence-electron chi connectivity index (χ2n) is 17.5. The van der Waals surface area contributed by atoms with Gasteiger partial charge in [-0.15, -0.1) is 0 Å². The first-order chi connectivity index (χ1) is 29.8. The summed E-state index contributed by atoms with van der Waals surface area (Å²) in [6.45, 7) is 12.6. The maximum Gasteiger partial charge on any atom is 0.308 e. The van der Waals surface area contributed by atoms with Crippen molar-refractivity contribution in [3.05, 3.63) is 0 Å². The molecule has 0 bridgehead atoms. The highest BCUT2D eigenvalue weighted by Gasteiger charge is 2.32. The molecule has 1 rings (SSSR count). The summed E-state index contributed by atoms with van der Waals surface area (Å²) in [6.07, 6.45) is 26.2. The van der Waals surface area contributed by atoms with Crippen molar-refractivity contribution in [2.75, 3.05) is 79.0 Å². The zero-order chi connectivity index (χ0) is 44.6. The van der Waals surface area contributed by atoms with Crippen LogP contribution in [0.4, 0.5) is 0 Å². The van der Waals surface area contributed by atoms with E-state index in [1.54, 1.807) is 0 Å². The molecule has 1 aliphatic rings. The fourth-order valence-corrected chi connectivity index (χ4v) is 7.71. The van der Waals surface area contributed by atoms with Crippen LogP contribution in [0.3, 0.4) is 0 Å². The van der Waals surface area contributed by atoms with Gasteiger partial charge in [0.1, 0.15) is 19.8 Å². The number of hydrogen-bond acceptors (Lipinski definition) is 11. The lowest BCUT2D eigenvalue weighted by Gasteiger charge is -2.38. The maximum absolute atomic E-state index is 13.5. The van der Waals surface area contributed by atoms with Gasteiger partial charge in [0.2, 0.25) is 5.91 Å². The number of aliphatic hydroxyl groups excluding tert-OH is 1. The number of amides is 1. The first-order valence-electron chi connectivity index (χ1n) is 25.0. The fourth-order valence-electron chi connectivity index (χ4n) is 7.71. The number of likely N-dealkylation sites (tertiary alicyclic amines) is 1. The van der Waals surface area contributed by atoms with Crippen LogP contribution in [0.25, 0.3) is 0 Å². The molecule has 1 heterocycles. The Hall–Kier alpha value is -2.28. The molecule has 0 aromatic rings. The zero-order valence-electron chi connectivity index (χ0n) is 39.5. The molecule has 0 radical (unpaired) electrons. The van der Waals surface area contributed by atoms with Gasteiger partial charge in [-0.2, -0.15) is 0 Å². The smallest absolute Gasteiger partial charge is 0.308 e. The molecule has 0 saturated carbocycles. The number of carbonyl (C=O) groups is 4. The molecule has 12 nitrogen and oxygen atoms in total. The van der Waals surface area contributed by atoms with E-state index in [0.717, 1.165) is 109 Å². The van der Waals surface area contributed by atoms with E-state index in [1.165, 1.54) is 51.4 Å². The van der Waals surface area contributed by atoms with Gasteiger partial charge in [0.05, 0.1) is 63.1 Å². The Kier molecular flexibility index (Phi) is 37.7. The number of nitrogens with one attached hydrogen (secondary N) is 1. The van der Waals surface area contributed by atoms with Crippen LogP contribution < -0.4 is 5.32 Å². The van der Waals surface area contributed by atoms with Crippen molar-refractivity contribution >= 4 is 23.8 Å². The van der Waals surface area contributed by atoms with E-state index in [0.29, 0.717) is 32.9 Å². The molecule has 1 aliphatic heterocycles. The van der Waals surface area contributed by atoms with Gasteiger partial charge in [0, 0.05) is 26.2 Å². The van der Waals surface area contributed by atoms with Crippen molar-refractivity contribution in [1.82, 2.24) is 10.2 Å². The van der Waals surface area contributed by atoms with Gasteiger partial charge in [-0.25, -0.2) is 0 Å². The van der Waals surface area contributed by atoms with Crippen molar-refractivity contribution in [2.45, 2.75) is 188 Å². The number of esters is 3. The summed E-state index contributed by atoms with van der Waals surface area (Å²) in [5.41, 5.74) is 0. The van der Waals surface area contributed by atoms with Gasteiger partial charge in [0.25, 0.3) is 0 Å². The van der Waals surface area contributed by atoms with E-state index in [2.05, 4.69) is 37.9 Å². The van der Waals surface area contributed by atoms with E-state index in [-0.39, 0.29) is 81.6 Å². The predicted molar refractivity (Wildman–Crippen MR) is 243 cm³/mol. The highest BCUT2D eigenvalue weighted by atomic mass is 16.6. The van der Waals surface area contributed by atoms with Gasteiger partial charge in [-0.05, 0) is 25.7 Å². The summed E-state index contributed by atoms with van der Waals surface area (Å²) in [4.78, 5) is 54.0. The molecule has 61 heavy (non-hydrogen) atoms. The van der Waals surface area contributed by atoms with Crippen LogP contribution in [-0.4, -0.2) is 113 Å². The Balaban J connectivity index is 2.70. The van der Waals surface area contributed by atoms with Gasteiger partial charge in [0.15, 0.2) is 0 Å². The molecular formula is C49H92N2O10. The van der Waals surface area contributed by atoms with E-state index in [9.17, 15) is 19.2 Å². The molecule has 2 N–H and O–H groups in total. The summed E-state index contributed by atoms with van der Waals surface area (Å²) in [6, 6.07) is 0. The lowest BCUT2D eigenvalue weighted by Crippen LogP contribution is -2.54. The van der Waals surface area contributed by atoms with E-state index < -0.39 is 11.9 Å². The first-order valence-corrected chi connectivity index (χ1v) is 25.0. The molecule has 2 unspecified atom stereocenters. The fraction of sp³-hybridized carbons (Fsp3) is 0.918. The van der Waals surface area contributed by atoms with Crippen LogP contribution in [0.1, 0.15) is 188 Å². The van der Waals surface area contributed by atoms with Gasteiger partial charge < -0.3 is 34.1 Å². The molecule has 1 fully saturated rings. The number of unbranched alkanes of at least 4 members (excludes halogenated alkanes) is 16. The SMILES string of the molecule is CCCCCCCCC(CCCCCC)C(=O)OCC(COC(=O)CCOCCOCCN1CC(C(=O)NCCO)C1)COC(=O)C(CCCCCC)CCCCCCCC. The van der Waals surface area contributed by atoms with Gasteiger partial charge in [-0.3, -0.25) is 24.1 Å². The molecule has 12 heteroatoms. The van der Waals surface area contributed by atoms with Crippen molar-refractivity contribution in [3.63, 3.8) is 0 Å². The summed E-state index contributed by atoms with van der Waals surface area (Å²) in [7, 11) is 0. The average molecular weight is 869 g/mol. The number of nitrogens with zero attached hydrogens (tertiary/aromatic N) is 1. The molecule has 2 atom stereocenters. The minimum atomic E-state index is -0.465. The third kappa shape index (κ3) is 31.3. The van der Waals surface area contributed by atoms with Crippen LogP contribution in [0.2, 0.25) is 0 Å². The highest BCUT2D eigenvalue weighted by molar-refractivity contribution is 5.80. The summed E-state index contributed by atoms with van der Waals surface area (Å²) >= 11 is 0. The lowest BCUT2D eigenvalue weighted by molar-refractivity contribution is -0.158. The van der Waals surface area contributed by atoms with Crippen LogP contribution in [0.5, 0.6) is 0 Å². The molecule has 358 valence electrons.